The van der Waals surface area contributed by atoms with Crippen LogP contribution in [0.15, 0.2) is 53.6 Å². The zero-order chi connectivity index (χ0) is 11.3. The lowest BCUT2D eigenvalue weighted by molar-refractivity contribution is 0.624. The van der Waals surface area contributed by atoms with E-state index < -0.39 is 0 Å². The normalized spacial score (nSPS) is 12.7. The van der Waals surface area contributed by atoms with Crippen LogP contribution in [0.1, 0.15) is 12.5 Å². The molecule has 1 rings (SSSR count). The smallest absolute Gasteiger partial charge is 0.130 e. The minimum Gasteiger partial charge on any atom is -0.206 e. The van der Waals surface area contributed by atoms with Crippen molar-refractivity contribution in [3.8, 4) is 0 Å². The lowest BCUT2D eigenvalue weighted by Gasteiger charge is -2.01. The van der Waals surface area contributed by atoms with E-state index in [-0.39, 0.29) is 5.82 Å². The molecule has 0 saturated heterocycles. The molecule has 15 heavy (non-hydrogen) atoms. The van der Waals surface area contributed by atoms with Crippen LogP contribution in [0.5, 0.6) is 0 Å². The number of hydrogen-bond donors (Lipinski definition) is 0. The van der Waals surface area contributed by atoms with Gasteiger partial charge in [0.1, 0.15) is 5.82 Å². The van der Waals surface area contributed by atoms with Crippen molar-refractivity contribution >= 4 is 21.5 Å². The van der Waals surface area contributed by atoms with Gasteiger partial charge in [0.25, 0.3) is 0 Å². The number of allylic oxidation sites excluding steroid dienone is 5. The Morgan fingerprint density at radius 2 is 2.00 bits per heavy atom. The zero-order valence-electron chi connectivity index (χ0n) is 8.50. The molecule has 0 fully saturated rings. The molecule has 0 amide bonds. The van der Waals surface area contributed by atoms with Crippen LogP contribution >= 0.6 is 15.9 Å². The van der Waals surface area contributed by atoms with Crippen LogP contribution in [0, 0.1) is 5.82 Å². The van der Waals surface area contributed by atoms with E-state index in [0.717, 1.165) is 10.1 Å². The van der Waals surface area contributed by atoms with Crippen LogP contribution in [0.4, 0.5) is 4.39 Å². The van der Waals surface area contributed by atoms with E-state index in [1.807, 2.05) is 25.1 Å². The van der Waals surface area contributed by atoms with Gasteiger partial charge in [-0.25, -0.2) is 4.39 Å². The van der Waals surface area contributed by atoms with Crippen LogP contribution < -0.4 is 0 Å². The molecule has 2 heteroatoms. The highest BCUT2D eigenvalue weighted by Crippen LogP contribution is 2.18. The maximum atomic E-state index is 13.4. The molecule has 0 spiro atoms. The summed E-state index contributed by atoms with van der Waals surface area (Å²) in [6, 6.07) is 6.72. The Labute approximate surface area is 98.0 Å². The van der Waals surface area contributed by atoms with Crippen LogP contribution in [-0.2, 0) is 0 Å². The molecular weight excluding hydrogens is 255 g/mol. The molecule has 0 aliphatic heterocycles. The maximum Gasteiger partial charge on any atom is 0.130 e. The summed E-state index contributed by atoms with van der Waals surface area (Å²) in [5, 5.41) is 0. The Morgan fingerprint density at radius 1 is 1.33 bits per heavy atom. The molecular formula is C13H12BrF. The molecule has 0 bridgehead atoms. The molecule has 78 valence electrons. The highest BCUT2D eigenvalue weighted by Gasteiger charge is 2.00. The second-order valence-corrected chi connectivity index (χ2v) is 4.00. The molecule has 0 aromatic heterocycles. The molecule has 1 aromatic rings. The first-order chi connectivity index (χ1) is 7.15. The average Bonchev–Trinajstić information content (AvgIpc) is 2.26. The molecule has 0 atom stereocenters. The Kier molecular flexibility index (Phi) is 4.50. The molecule has 0 aliphatic rings. The largest absolute Gasteiger partial charge is 0.206 e. The molecule has 0 radical (unpaired) electrons. The van der Waals surface area contributed by atoms with Gasteiger partial charge in [0.15, 0.2) is 0 Å². The van der Waals surface area contributed by atoms with Crippen molar-refractivity contribution in [2.75, 3.05) is 0 Å². The maximum absolute atomic E-state index is 13.4. The van der Waals surface area contributed by atoms with E-state index in [1.165, 1.54) is 6.07 Å². The minimum atomic E-state index is -0.200. The first-order valence-electron chi connectivity index (χ1n) is 4.56. The number of benzene rings is 1. The summed E-state index contributed by atoms with van der Waals surface area (Å²) in [6.45, 7) is 5.48. The SMILES string of the molecule is C=C/C(Br)=C\C=C(/C)c1ccccc1F. The second-order valence-electron chi connectivity index (χ2n) is 3.09. The lowest BCUT2D eigenvalue weighted by Crippen LogP contribution is -1.84. The summed E-state index contributed by atoms with van der Waals surface area (Å²) in [6.07, 6.45) is 5.38. The van der Waals surface area contributed by atoms with E-state index in [4.69, 9.17) is 0 Å². The fourth-order valence-corrected chi connectivity index (χ4v) is 1.28. The first-order valence-corrected chi connectivity index (χ1v) is 5.36. The summed E-state index contributed by atoms with van der Waals surface area (Å²) >= 11 is 3.30. The topological polar surface area (TPSA) is 0 Å². The average molecular weight is 267 g/mol. The van der Waals surface area contributed by atoms with E-state index >= 15 is 0 Å². The fourth-order valence-electron chi connectivity index (χ4n) is 1.14. The summed E-state index contributed by atoms with van der Waals surface area (Å²) in [4.78, 5) is 0. The highest BCUT2D eigenvalue weighted by atomic mass is 79.9. The van der Waals surface area contributed by atoms with Gasteiger partial charge in [0.05, 0.1) is 0 Å². The molecule has 0 unspecified atom stereocenters. The van der Waals surface area contributed by atoms with Gasteiger partial charge < -0.3 is 0 Å². The summed E-state index contributed by atoms with van der Waals surface area (Å²) in [5.41, 5.74) is 1.50. The van der Waals surface area contributed by atoms with Gasteiger partial charge >= 0.3 is 0 Å². The molecule has 0 N–H and O–H groups in total. The van der Waals surface area contributed by atoms with Gasteiger partial charge in [-0.2, -0.15) is 0 Å². The predicted octanol–water partition coefficient (Wildman–Crippen LogP) is 4.69. The van der Waals surface area contributed by atoms with Gasteiger partial charge in [-0.1, -0.05) is 52.9 Å². The molecule has 0 aliphatic carbocycles. The van der Waals surface area contributed by atoms with Gasteiger partial charge in [-0.05, 0) is 24.6 Å². The van der Waals surface area contributed by atoms with Crippen LogP contribution in [-0.4, -0.2) is 0 Å². The zero-order valence-corrected chi connectivity index (χ0v) is 10.1. The Balaban J connectivity index is 2.99. The fraction of sp³-hybridized carbons (Fsp3) is 0.0769. The van der Waals surface area contributed by atoms with E-state index in [0.29, 0.717) is 5.56 Å². The summed E-state index contributed by atoms with van der Waals surface area (Å²) < 4.78 is 14.2. The van der Waals surface area contributed by atoms with Crippen molar-refractivity contribution in [1.29, 1.82) is 0 Å². The molecule has 0 nitrogen and oxygen atoms in total. The van der Waals surface area contributed by atoms with E-state index in [1.54, 1.807) is 18.2 Å². The summed E-state index contributed by atoms with van der Waals surface area (Å²) in [7, 11) is 0. The van der Waals surface area contributed by atoms with Crippen molar-refractivity contribution in [2.24, 2.45) is 0 Å². The Morgan fingerprint density at radius 3 is 2.60 bits per heavy atom. The van der Waals surface area contributed by atoms with Gasteiger partial charge in [0, 0.05) is 10.0 Å². The predicted molar refractivity (Wildman–Crippen MR) is 67.3 cm³/mol. The van der Waals surface area contributed by atoms with Crippen molar-refractivity contribution in [3.63, 3.8) is 0 Å². The third-order valence-corrected chi connectivity index (χ3v) is 2.57. The van der Waals surface area contributed by atoms with Gasteiger partial charge in [-0.3, -0.25) is 0 Å². The van der Waals surface area contributed by atoms with Crippen LogP contribution in [0.3, 0.4) is 0 Å². The second kappa shape index (κ2) is 5.66. The van der Waals surface area contributed by atoms with E-state index in [2.05, 4.69) is 22.5 Å². The molecule has 0 heterocycles. The van der Waals surface area contributed by atoms with Crippen molar-refractivity contribution in [2.45, 2.75) is 6.92 Å². The standard InChI is InChI=1S/C13H12BrF/c1-3-11(14)9-8-10(2)12-6-4-5-7-13(12)15/h3-9H,1H2,2H3/b10-8+,11-9+. The first kappa shape index (κ1) is 11.9. The third kappa shape index (κ3) is 3.48. The number of halogens is 2. The monoisotopic (exact) mass is 266 g/mol. The molecule has 1 aromatic carbocycles. The van der Waals surface area contributed by atoms with Crippen molar-refractivity contribution in [1.82, 2.24) is 0 Å². The lowest BCUT2D eigenvalue weighted by atomic mass is 10.1. The third-order valence-electron chi connectivity index (χ3n) is 1.99. The van der Waals surface area contributed by atoms with Crippen molar-refractivity contribution in [3.05, 3.63) is 64.9 Å². The van der Waals surface area contributed by atoms with E-state index in [9.17, 15) is 4.39 Å². The van der Waals surface area contributed by atoms with Gasteiger partial charge in [-0.15, -0.1) is 0 Å². The summed E-state index contributed by atoms with van der Waals surface area (Å²) in [5.74, 6) is -0.200. The Hall–Kier alpha value is -1.15. The molecule has 0 saturated carbocycles. The number of rotatable bonds is 3. The quantitative estimate of drug-likeness (QED) is 0.697. The Bertz CT molecular complexity index is 416. The number of hydrogen-bond acceptors (Lipinski definition) is 0. The highest BCUT2D eigenvalue weighted by molar-refractivity contribution is 9.11. The van der Waals surface area contributed by atoms with Crippen LogP contribution in [0.2, 0.25) is 0 Å². The van der Waals surface area contributed by atoms with Crippen LogP contribution in [0.25, 0.3) is 5.57 Å². The minimum absolute atomic E-state index is 0.200. The van der Waals surface area contributed by atoms with Gasteiger partial charge in [0.2, 0.25) is 0 Å². The van der Waals surface area contributed by atoms with Crippen molar-refractivity contribution < 1.29 is 4.39 Å².